The van der Waals surface area contributed by atoms with Crippen LogP contribution in [0, 0.1) is 5.82 Å². The number of ether oxygens (including phenoxy) is 1. The number of methoxy groups -OCH3 is 1. The lowest BCUT2D eigenvalue weighted by Crippen LogP contribution is -2.26. The van der Waals surface area contributed by atoms with E-state index in [2.05, 4.69) is 39.9 Å². The van der Waals surface area contributed by atoms with Gasteiger partial charge in [0, 0.05) is 35.3 Å². The number of hydrogen-bond acceptors (Lipinski definition) is 6. The van der Waals surface area contributed by atoms with E-state index < -0.39 is 5.82 Å². The largest absolute Gasteiger partial charge is 0.497 e. The van der Waals surface area contributed by atoms with Gasteiger partial charge >= 0.3 is 0 Å². The highest BCUT2D eigenvalue weighted by Gasteiger charge is 2.25. The number of carbonyl (C=O) groups is 1. The van der Waals surface area contributed by atoms with Crippen molar-refractivity contribution in [2.24, 2.45) is 0 Å². The molecule has 4 N–H and O–H groups in total. The number of nitrogens with one attached hydrogen (secondary N) is 2. The van der Waals surface area contributed by atoms with Gasteiger partial charge in [-0.2, -0.15) is 0 Å². The Hall–Kier alpha value is -4.76. The van der Waals surface area contributed by atoms with Gasteiger partial charge in [0.05, 0.1) is 25.4 Å². The minimum absolute atomic E-state index is 0.108. The zero-order valence-corrected chi connectivity index (χ0v) is 25.4. The number of nitrogen functional groups attached to an aromatic ring is 1. The van der Waals surface area contributed by atoms with Crippen molar-refractivity contribution in [1.82, 2.24) is 19.7 Å². The van der Waals surface area contributed by atoms with Gasteiger partial charge in [0.2, 0.25) is 5.91 Å². The van der Waals surface area contributed by atoms with Gasteiger partial charge < -0.3 is 21.1 Å². The molecule has 0 saturated carbocycles. The highest BCUT2D eigenvalue weighted by Crippen LogP contribution is 2.39. The Morgan fingerprint density at radius 1 is 1.16 bits per heavy atom. The SMILES string of the molecule is CNC1CC=C(c2cnc(N)c3c(-c4ccc(CC(=O)Nc5cc(F)cc(OC)c5)c5ccccc45)nc(C(C)C)n23)CC1. The summed E-state index contributed by atoms with van der Waals surface area (Å²) < 4.78 is 21.3. The van der Waals surface area contributed by atoms with Gasteiger partial charge in [-0.1, -0.05) is 56.3 Å². The molecule has 5 aromatic rings. The number of rotatable bonds is 8. The minimum atomic E-state index is -0.485. The summed E-state index contributed by atoms with van der Waals surface area (Å²) in [5.41, 5.74) is 12.5. The van der Waals surface area contributed by atoms with Crippen molar-refractivity contribution in [3.8, 4) is 17.0 Å². The quantitative estimate of drug-likeness (QED) is 0.184. The molecule has 1 aliphatic carbocycles. The number of benzene rings is 3. The van der Waals surface area contributed by atoms with E-state index in [0.717, 1.165) is 63.9 Å². The van der Waals surface area contributed by atoms with E-state index in [1.807, 2.05) is 49.6 Å². The van der Waals surface area contributed by atoms with E-state index in [1.165, 1.54) is 24.8 Å². The standard InChI is InChI=1S/C35H37FN6O2/c1-20(2)35-41-32(33-34(37)39-19-30(42(33)35)21-9-12-24(38-3)13-10-21)29-14-11-22(27-7-5-6-8-28(27)29)15-31(43)40-25-16-23(36)17-26(18-25)44-4/h5-9,11,14,16-20,24,38H,10,12-13,15H2,1-4H3,(H2,37,39)(H,40,43). The van der Waals surface area contributed by atoms with Crippen LogP contribution in [0.15, 0.2) is 66.9 Å². The van der Waals surface area contributed by atoms with Crippen LogP contribution in [0.25, 0.3) is 33.1 Å². The summed E-state index contributed by atoms with van der Waals surface area (Å²) in [5, 5.41) is 8.07. The molecular weight excluding hydrogens is 555 g/mol. The number of fused-ring (bicyclic) bond motifs is 2. The van der Waals surface area contributed by atoms with Gasteiger partial charge in [0.25, 0.3) is 0 Å². The normalized spacial score (nSPS) is 15.1. The lowest BCUT2D eigenvalue weighted by atomic mass is 9.93. The Morgan fingerprint density at radius 3 is 2.66 bits per heavy atom. The maximum Gasteiger partial charge on any atom is 0.228 e. The number of halogens is 1. The smallest absolute Gasteiger partial charge is 0.228 e. The Labute approximate surface area is 256 Å². The van der Waals surface area contributed by atoms with Crippen LogP contribution in [0.2, 0.25) is 0 Å². The summed E-state index contributed by atoms with van der Waals surface area (Å²) in [6.45, 7) is 4.28. The summed E-state index contributed by atoms with van der Waals surface area (Å²) in [4.78, 5) is 22.9. The molecule has 0 fully saturated rings. The van der Waals surface area contributed by atoms with E-state index in [4.69, 9.17) is 15.5 Å². The number of allylic oxidation sites excluding steroid dienone is 1. The van der Waals surface area contributed by atoms with E-state index >= 15 is 0 Å². The fourth-order valence-corrected chi connectivity index (χ4v) is 6.15. The molecule has 2 heterocycles. The molecule has 0 aliphatic heterocycles. The average molecular weight is 593 g/mol. The lowest BCUT2D eigenvalue weighted by Gasteiger charge is -2.22. The van der Waals surface area contributed by atoms with Gasteiger partial charge in [-0.3, -0.25) is 9.20 Å². The number of imidazole rings is 1. The van der Waals surface area contributed by atoms with Crippen LogP contribution in [0.4, 0.5) is 15.9 Å². The first kappa shape index (κ1) is 29.3. The third kappa shape index (κ3) is 5.51. The first-order valence-electron chi connectivity index (χ1n) is 15.0. The summed E-state index contributed by atoms with van der Waals surface area (Å²) in [5.74, 6) is 1.08. The van der Waals surface area contributed by atoms with Crippen molar-refractivity contribution in [1.29, 1.82) is 0 Å². The summed E-state index contributed by atoms with van der Waals surface area (Å²) in [6, 6.07) is 16.5. The van der Waals surface area contributed by atoms with E-state index in [9.17, 15) is 9.18 Å². The number of nitrogens with two attached hydrogens (primary N) is 1. The van der Waals surface area contributed by atoms with Crippen LogP contribution >= 0.6 is 0 Å². The Kier molecular flexibility index (Phi) is 8.05. The molecule has 8 nitrogen and oxygen atoms in total. The van der Waals surface area contributed by atoms with Gasteiger partial charge in [-0.15, -0.1) is 0 Å². The van der Waals surface area contributed by atoms with Crippen LogP contribution in [-0.4, -0.2) is 40.5 Å². The molecule has 0 spiro atoms. The van der Waals surface area contributed by atoms with E-state index in [-0.39, 0.29) is 18.2 Å². The highest BCUT2D eigenvalue weighted by atomic mass is 19.1. The zero-order chi connectivity index (χ0) is 31.0. The summed E-state index contributed by atoms with van der Waals surface area (Å²) in [7, 11) is 3.47. The second-order valence-electron chi connectivity index (χ2n) is 11.6. The third-order valence-corrected chi connectivity index (χ3v) is 8.39. The Balaban J connectivity index is 1.43. The first-order chi connectivity index (χ1) is 21.3. The van der Waals surface area contributed by atoms with Gasteiger partial charge in [-0.05, 0) is 54.3 Å². The Bertz CT molecular complexity index is 1910. The second-order valence-corrected chi connectivity index (χ2v) is 11.6. The highest BCUT2D eigenvalue weighted by molar-refractivity contribution is 6.04. The van der Waals surface area contributed by atoms with Gasteiger partial charge in [0.1, 0.15) is 34.4 Å². The third-order valence-electron chi connectivity index (χ3n) is 8.39. The van der Waals surface area contributed by atoms with E-state index in [0.29, 0.717) is 23.3 Å². The van der Waals surface area contributed by atoms with Crippen LogP contribution in [0.3, 0.4) is 0 Å². The number of amides is 1. The van der Waals surface area contributed by atoms with Crippen LogP contribution < -0.4 is 21.1 Å². The van der Waals surface area contributed by atoms with Gasteiger partial charge in [-0.25, -0.2) is 14.4 Å². The average Bonchev–Trinajstić information content (AvgIpc) is 3.43. The molecule has 6 rings (SSSR count). The van der Waals surface area contributed by atoms with Crippen molar-refractivity contribution < 1.29 is 13.9 Å². The monoisotopic (exact) mass is 592 g/mol. The molecule has 0 saturated heterocycles. The molecule has 44 heavy (non-hydrogen) atoms. The van der Waals surface area contributed by atoms with Crippen molar-refractivity contribution in [3.63, 3.8) is 0 Å². The number of carbonyl (C=O) groups excluding carboxylic acids is 1. The maximum atomic E-state index is 14.0. The second kappa shape index (κ2) is 12.1. The molecular formula is C35H37FN6O2. The maximum absolute atomic E-state index is 14.0. The molecule has 226 valence electrons. The van der Waals surface area contributed by atoms with Crippen LogP contribution in [0.5, 0.6) is 5.75 Å². The first-order valence-corrected chi connectivity index (χ1v) is 15.0. The van der Waals surface area contributed by atoms with E-state index in [1.54, 1.807) is 6.07 Å². The molecule has 3 aromatic carbocycles. The molecule has 9 heteroatoms. The molecule has 0 radical (unpaired) electrons. The van der Waals surface area contributed by atoms with Crippen molar-refractivity contribution in [2.45, 2.75) is 51.5 Å². The van der Waals surface area contributed by atoms with Crippen LogP contribution in [-0.2, 0) is 11.2 Å². The fraction of sp³-hybridized carbons (Fsp3) is 0.286. The zero-order valence-electron chi connectivity index (χ0n) is 25.4. The minimum Gasteiger partial charge on any atom is -0.497 e. The molecule has 1 amide bonds. The summed E-state index contributed by atoms with van der Waals surface area (Å²) >= 11 is 0. The Morgan fingerprint density at radius 2 is 1.95 bits per heavy atom. The predicted molar refractivity (Wildman–Crippen MR) is 174 cm³/mol. The number of anilines is 2. The molecule has 1 aliphatic rings. The number of nitrogens with zero attached hydrogens (tertiary/aromatic N) is 3. The topological polar surface area (TPSA) is 107 Å². The molecule has 1 unspecified atom stereocenters. The fourth-order valence-electron chi connectivity index (χ4n) is 6.15. The molecule has 1 atom stereocenters. The van der Waals surface area contributed by atoms with Crippen molar-refractivity contribution in [2.75, 3.05) is 25.2 Å². The summed E-state index contributed by atoms with van der Waals surface area (Å²) in [6.07, 6.45) is 7.24. The van der Waals surface area contributed by atoms with Crippen molar-refractivity contribution in [3.05, 3.63) is 89.8 Å². The predicted octanol–water partition coefficient (Wildman–Crippen LogP) is 6.74. The number of aromatic nitrogens is 3. The van der Waals surface area contributed by atoms with Gasteiger partial charge in [0.15, 0.2) is 0 Å². The lowest BCUT2D eigenvalue weighted by molar-refractivity contribution is -0.115. The van der Waals surface area contributed by atoms with Crippen molar-refractivity contribution >= 4 is 39.3 Å². The molecule has 0 bridgehead atoms. The molecule has 2 aromatic heterocycles. The van der Waals surface area contributed by atoms with Crippen LogP contribution in [0.1, 0.15) is 56.1 Å². The number of hydrogen-bond donors (Lipinski definition) is 3.